The summed E-state index contributed by atoms with van der Waals surface area (Å²) in [5, 5.41) is 10.4. The molecule has 12 heavy (non-hydrogen) atoms. The minimum atomic E-state index is -0.702. The molecule has 6 heteroatoms. The summed E-state index contributed by atoms with van der Waals surface area (Å²) in [4.78, 5) is 9.63. The Bertz CT molecular complexity index is 345. The van der Waals surface area contributed by atoms with Gasteiger partial charge >= 0.3 is 0 Å². The highest BCUT2D eigenvalue weighted by atomic mass is 127. The van der Waals surface area contributed by atoms with E-state index in [9.17, 15) is 14.5 Å². The molecule has 3 nitrogen and oxygen atoms in total. The van der Waals surface area contributed by atoms with Crippen molar-refractivity contribution < 1.29 is 9.31 Å². The first-order valence-electron chi connectivity index (χ1n) is 2.81. The van der Waals surface area contributed by atoms with Crippen molar-refractivity contribution in [3.05, 3.63) is 36.7 Å². The second kappa shape index (κ2) is 3.53. The Morgan fingerprint density at radius 2 is 2.17 bits per heavy atom. The van der Waals surface area contributed by atoms with Gasteiger partial charge in [-0.25, -0.2) is 4.39 Å². The molecular weight excluding hydrogens is 299 g/mol. The quantitative estimate of drug-likeness (QED) is 0.346. The lowest BCUT2D eigenvalue weighted by atomic mass is 10.3. The molecule has 0 amide bonds. The number of hydrogen-bond acceptors (Lipinski definition) is 2. The minimum absolute atomic E-state index is 0.0577. The number of nitro benzene ring substituents is 1. The maximum absolute atomic E-state index is 12.6. The van der Waals surface area contributed by atoms with E-state index < -0.39 is 10.7 Å². The Balaban J connectivity index is 3.37. The molecule has 0 saturated carbocycles. The highest BCUT2D eigenvalue weighted by Gasteiger charge is 2.16. The molecule has 0 bridgehead atoms. The third kappa shape index (κ3) is 1.84. The van der Waals surface area contributed by atoms with E-state index in [0.717, 1.165) is 12.1 Å². The normalized spacial score (nSPS) is 9.92. The maximum atomic E-state index is 12.6. The van der Waals surface area contributed by atoms with Crippen molar-refractivity contribution in [2.45, 2.75) is 0 Å². The van der Waals surface area contributed by atoms with Gasteiger partial charge in [0.1, 0.15) is 9.39 Å². The third-order valence-electron chi connectivity index (χ3n) is 1.17. The first-order valence-corrected chi connectivity index (χ1v) is 4.27. The Labute approximate surface area is 85.8 Å². The Morgan fingerprint density at radius 1 is 1.58 bits per heavy atom. The summed E-state index contributed by atoms with van der Waals surface area (Å²) < 4.78 is 12.8. The van der Waals surface area contributed by atoms with Crippen molar-refractivity contribution in [1.82, 2.24) is 0 Å². The predicted molar refractivity (Wildman–Crippen MR) is 50.8 cm³/mol. The van der Waals surface area contributed by atoms with Crippen molar-refractivity contribution in [3.63, 3.8) is 0 Å². The van der Waals surface area contributed by atoms with E-state index in [-0.39, 0.29) is 14.3 Å². The molecule has 0 aliphatic heterocycles. The van der Waals surface area contributed by atoms with Crippen LogP contribution in [0.25, 0.3) is 0 Å². The van der Waals surface area contributed by atoms with Crippen molar-refractivity contribution in [2.75, 3.05) is 0 Å². The molecule has 0 radical (unpaired) electrons. The van der Waals surface area contributed by atoms with E-state index in [0.29, 0.717) is 0 Å². The summed E-state index contributed by atoms with van der Waals surface area (Å²) in [5.41, 5.74) is -0.305. The van der Waals surface area contributed by atoms with Crippen LogP contribution in [0.1, 0.15) is 0 Å². The van der Waals surface area contributed by atoms with Crippen LogP contribution < -0.4 is 0 Å². The number of nitrogens with zero attached hydrogens (tertiary/aromatic N) is 1. The largest absolute Gasteiger partial charge is 0.287 e. The molecule has 0 atom stereocenters. The lowest BCUT2D eigenvalue weighted by Gasteiger charge is -1.97. The zero-order chi connectivity index (χ0) is 9.30. The van der Waals surface area contributed by atoms with Gasteiger partial charge in [-0.05, 0) is 28.7 Å². The van der Waals surface area contributed by atoms with Crippen LogP contribution in [0.2, 0.25) is 5.02 Å². The van der Waals surface area contributed by atoms with Gasteiger partial charge in [0.15, 0.2) is 0 Å². The average Bonchev–Trinajstić information content (AvgIpc) is 1.96. The van der Waals surface area contributed by atoms with Gasteiger partial charge in [-0.2, -0.15) is 0 Å². The number of halogens is 3. The molecule has 0 N–H and O–H groups in total. The Morgan fingerprint density at radius 3 is 2.67 bits per heavy atom. The lowest BCUT2D eigenvalue weighted by molar-refractivity contribution is -0.386. The van der Waals surface area contributed by atoms with Gasteiger partial charge in [-0.3, -0.25) is 10.1 Å². The first-order chi connectivity index (χ1) is 5.52. The SMILES string of the molecule is O=[N+]([O-])c1cc(F)cc(Cl)c1I. The summed E-state index contributed by atoms with van der Waals surface area (Å²) in [6.07, 6.45) is 0. The Hall–Kier alpha value is -0.430. The van der Waals surface area contributed by atoms with Gasteiger partial charge in [0.25, 0.3) is 5.69 Å². The van der Waals surface area contributed by atoms with Crippen molar-refractivity contribution in [2.24, 2.45) is 0 Å². The van der Waals surface area contributed by atoms with Crippen LogP contribution in [0.3, 0.4) is 0 Å². The van der Waals surface area contributed by atoms with E-state index in [1.165, 1.54) is 0 Å². The van der Waals surface area contributed by atoms with Crippen LogP contribution in [0, 0.1) is 19.5 Å². The van der Waals surface area contributed by atoms with E-state index in [2.05, 4.69) is 0 Å². The van der Waals surface area contributed by atoms with Crippen LogP contribution in [0.5, 0.6) is 0 Å². The van der Waals surface area contributed by atoms with E-state index in [1.807, 2.05) is 0 Å². The summed E-state index contributed by atoms with van der Waals surface area (Å²) in [5.74, 6) is -0.702. The third-order valence-corrected chi connectivity index (χ3v) is 2.92. The number of nitro groups is 1. The molecule has 0 fully saturated rings. The topological polar surface area (TPSA) is 43.1 Å². The molecule has 0 spiro atoms. The second-order valence-electron chi connectivity index (χ2n) is 1.98. The molecule has 1 aromatic carbocycles. The molecule has 1 rings (SSSR count). The fraction of sp³-hybridized carbons (Fsp3) is 0. The smallest absolute Gasteiger partial charge is 0.258 e. The van der Waals surface area contributed by atoms with E-state index in [4.69, 9.17) is 11.6 Å². The van der Waals surface area contributed by atoms with Gasteiger partial charge in [0.05, 0.1) is 16.0 Å². The zero-order valence-electron chi connectivity index (χ0n) is 5.55. The van der Waals surface area contributed by atoms with Gasteiger partial charge < -0.3 is 0 Å². The molecule has 64 valence electrons. The monoisotopic (exact) mass is 301 g/mol. The predicted octanol–water partition coefficient (Wildman–Crippen LogP) is 2.99. The van der Waals surface area contributed by atoms with E-state index in [1.54, 1.807) is 22.6 Å². The summed E-state index contributed by atoms with van der Waals surface area (Å²) >= 11 is 7.21. The minimum Gasteiger partial charge on any atom is -0.258 e. The summed E-state index contributed by atoms with van der Waals surface area (Å²) in [6, 6.07) is 1.88. The number of rotatable bonds is 1. The second-order valence-corrected chi connectivity index (χ2v) is 3.46. The highest BCUT2D eigenvalue weighted by molar-refractivity contribution is 14.1. The molecule has 0 aliphatic carbocycles. The van der Waals surface area contributed by atoms with Gasteiger partial charge in [-0.1, -0.05) is 11.6 Å². The summed E-state index contributed by atoms with van der Waals surface area (Å²) in [6.45, 7) is 0. The van der Waals surface area contributed by atoms with Gasteiger partial charge in [-0.15, -0.1) is 0 Å². The van der Waals surface area contributed by atoms with Gasteiger partial charge in [0, 0.05) is 0 Å². The number of hydrogen-bond donors (Lipinski definition) is 0. The van der Waals surface area contributed by atoms with Crippen molar-refractivity contribution in [3.8, 4) is 0 Å². The summed E-state index contributed by atoms with van der Waals surface area (Å²) in [7, 11) is 0. The van der Waals surface area contributed by atoms with E-state index >= 15 is 0 Å². The molecule has 0 unspecified atom stereocenters. The molecular formula is C6H2ClFINO2. The molecule has 0 aliphatic rings. The van der Waals surface area contributed by atoms with Crippen molar-refractivity contribution in [1.29, 1.82) is 0 Å². The zero-order valence-corrected chi connectivity index (χ0v) is 8.47. The standard InChI is InChI=1S/C6H2ClFINO2/c7-4-1-3(8)2-5(6(4)9)10(11)12/h1-2H. The van der Waals surface area contributed by atoms with Crippen molar-refractivity contribution >= 4 is 39.9 Å². The molecule has 0 aromatic heterocycles. The fourth-order valence-corrected chi connectivity index (χ4v) is 1.38. The van der Waals surface area contributed by atoms with Gasteiger partial charge in [0.2, 0.25) is 0 Å². The molecule has 0 saturated heterocycles. The van der Waals surface area contributed by atoms with Crippen LogP contribution in [-0.2, 0) is 0 Å². The fourth-order valence-electron chi connectivity index (χ4n) is 0.675. The van der Waals surface area contributed by atoms with Crippen LogP contribution >= 0.6 is 34.2 Å². The highest BCUT2D eigenvalue weighted by Crippen LogP contribution is 2.28. The number of benzene rings is 1. The van der Waals surface area contributed by atoms with Crippen LogP contribution in [0.15, 0.2) is 12.1 Å². The first kappa shape index (κ1) is 9.66. The lowest BCUT2D eigenvalue weighted by Crippen LogP contribution is -1.93. The Kier molecular flexibility index (Phi) is 2.84. The molecule has 1 aromatic rings. The average molecular weight is 301 g/mol. The van der Waals surface area contributed by atoms with Crippen LogP contribution in [-0.4, -0.2) is 4.92 Å². The van der Waals surface area contributed by atoms with Crippen LogP contribution in [0.4, 0.5) is 10.1 Å². The molecule has 0 heterocycles. The maximum Gasteiger partial charge on any atom is 0.287 e.